The largest absolute Gasteiger partial charge is 0.455 e. The Kier molecular flexibility index (Phi) is 3.70. The standard InChI is InChI=1S/C50H30O/c1-3-16-35-31(12-1)14-10-23-38(35)48-42-20-7-5-18-40(42)47(41-19-6-8-21-43(41)48)34-27-26-33-15-9-22-37(45(33)30-34)39-24-11-25-46-49(39)44-29-28-32-13-2-4-17-36(32)50(44)51-46/h1-30H/i1D,3D,5D,6D,7D,8D,10D,12D,14D,16D,18D,19D,20D,21D,23D. The topological polar surface area (TPSA) is 13.1 Å². The van der Waals surface area contributed by atoms with Crippen LogP contribution in [0.25, 0.3) is 109 Å². The maximum Gasteiger partial charge on any atom is 0.143 e. The number of hydrogen-bond donors (Lipinski definition) is 0. The van der Waals surface area contributed by atoms with Crippen molar-refractivity contribution >= 4 is 75.8 Å². The molecule has 0 saturated carbocycles. The van der Waals surface area contributed by atoms with Gasteiger partial charge >= 0.3 is 0 Å². The molecule has 0 aliphatic heterocycles. The maximum absolute atomic E-state index is 9.52. The predicted molar refractivity (Wildman–Crippen MR) is 218 cm³/mol. The molecule has 0 radical (unpaired) electrons. The average molecular weight is 662 g/mol. The van der Waals surface area contributed by atoms with Gasteiger partial charge in [0.1, 0.15) is 11.2 Å². The minimum absolute atomic E-state index is 0.0267. The van der Waals surface area contributed by atoms with Crippen molar-refractivity contribution in [2.45, 2.75) is 0 Å². The van der Waals surface area contributed by atoms with Crippen molar-refractivity contribution in [3.05, 3.63) is 182 Å². The summed E-state index contributed by atoms with van der Waals surface area (Å²) < 4.78 is 142. The molecule has 1 heterocycles. The van der Waals surface area contributed by atoms with Crippen molar-refractivity contribution in [2.75, 3.05) is 0 Å². The Hall–Kier alpha value is -6.70. The summed E-state index contributed by atoms with van der Waals surface area (Å²) >= 11 is 0. The minimum Gasteiger partial charge on any atom is -0.455 e. The van der Waals surface area contributed by atoms with Gasteiger partial charge in [0.15, 0.2) is 0 Å². The summed E-state index contributed by atoms with van der Waals surface area (Å²) in [5.41, 5.74) is 2.55. The van der Waals surface area contributed by atoms with E-state index in [4.69, 9.17) is 18.1 Å². The van der Waals surface area contributed by atoms with Crippen LogP contribution in [0.1, 0.15) is 20.6 Å². The van der Waals surface area contributed by atoms with E-state index < -0.39 is 107 Å². The van der Waals surface area contributed by atoms with Gasteiger partial charge in [0.05, 0.1) is 20.6 Å². The minimum atomic E-state index is -0.759. The highest BCUT2D eigenvalue weighted by molar-refractivity contribution is 6.25. The molecule has 10 aromatic carbocycles. The molecule has 0 unspecified atom stereocenters. The fourth-order valence-electron chi connectivity index (χ4n) is 7.60. The number of furan rings is 1. The van der Waals surface area contributed by atoms with E-state index in [1.165, 1.54) is 0 Å². The van der Waals surface area contributed by atoms with Crippen LogP contribution in [0.3, 0.4) is 0 Å². The Morgan fingerprint density at radius 2 is 1.00 bits per heavy atom. The summed E-state index contributed by atoms with van der Waals surface area (Å²) in [6.45, 7) is 0. The van der Waals surface area contributed by atoms with Gasteiger partial charge in [0.2, 0.25) is 0 Å². The molecule has 0 fully saturated rings. The molecule has 0 amide bonds. The first kappa shape index (κ1) is 17.3. The molecule has 1 heteroatoms. The van der Waals surface area contributed by atoms with Crippen LogP contribution in [0.2, 0.25) is 0 Å². The Morgan fingerprint density at radius 1 is 0.373 bits per heavy atom. The fraction of sp³-hybridized carbons (Fsp3) is 0. The molecule has 0 spiro atoms. The molecule has 0 atom stereocenters. The van der Waals surface area contributed by atoms with Crippen molar-refractivity contribution < 1.29 is 25.0 Å². The molecule has 0 N–H and O–H groups in total. The van der Waals surface area contributed by atoms with Crippen molar-refractivity contribution in [1.82, 2.24) is 0 Å². The molecule has 236 valence electrons. The molecule has 0 aliphatic carbocycles. The Bertz CT molecular complexity index is 3970. The van der Waals surface area contributed by atoms with Crippen LogP contribution < -0.4 is 0 Å². The maximum atomic E-state index is 9.52. The first-order valence-corrected chi connectivity index (χ1v) is 16.4. The van der Waals surface area contributed by atoms with Crippen molar-refractivity contribution in [1.29, 1.82) is 0 Å². The van der Waals surface area contributed by atoms with Gasteiger partial charge in [-0.25, -0.2) is 0 Å². The molecular formula is C50H30O. The third-order valence-corrected chi connectivity index (χ3v) is 9.79. The second kappa shape index (κ2) is 10.9. The van der Waals surface area contributed by atoms with Gasteiger partial charge < -0.3 is 4.42 Å². The summed E-state index contributed by atoms with van der Waals surface area (Å²) in [6.07, 6.45) is 0. The number of benzene rings is 10. The third-order valence-electron chi connectivity index (χ3n) is 9.79. The second-order valence-corrected chi connectivity index (χ2v) is 12.4. The van der Waals surface area contributed by atoms with Crippen LogP contribution >= 0.6 is 0 Å². The van der Waals surface area contributed by atoms with Gasteiger partial charge in [-0.15, -0.1) is 0 Å². The third kappa shape index (κ3) is 4.16. The normalized spacial score (nSPS) is 16.0. The van der Waals surface area contributed by atoms with Crippen molar-refractivity contribution in [3.63, 3.8) is 0 Å². The number of rotatable bonds is 3. The summed E-state index contributed by atoms with van der Waals surface area (Å²) in [5.74, 6) is 0. The van der Waals surface area contributed by atoms with E-state index in [9.17, 15) is 6.85 Å². The van der Waals surface area contributed by atoms with Gasteiger partial charge in [0.25, 0.3) is 0 Å². The lowest BCUT2D eigenvalue weighted by molar-refractivity contribution is 0.673. The first-order valence-electron chi connectivity index (χ1n) is 23.9. The van der Waals surface area contributed by atoms with Crippen LogP contribution in [0.5, 0.6) is 0 Å². The zero-order valence-corrected chi connectivity index (χ0v) is 26.6. The monoisotopic (exact) mass is 661 g/mol. The highest BCUT2D eigenvalue weighted by atomic mass is 16.3. The Morgan fingerprint density at radius 3 is 1.82 bits per heavy atom. The van der Waals surface area contributed by atoms with Crippen LogP contribution in [0, 0.1) is 0 Å². The predicted octanol–water partition coefficient (Wildman–Crippen LogP) is 14.4. The molecule has 0 aliphatic rings. The molecular weight excluding hydrogens is 617 g/mol. The van der Waals surface area contributed by atoms with Gasteiger partial charge in [-0.2, -0.15) is 0 Å². The van der Waals surface area contributed by atoms with Crippen LogP contribution in [-0.2, 0) is 0 Å². The zero-order valence-electron chi connectivity index (χ0n) is 41.6. The van der Waals surface area contributed by atoms with Crippen molar-refractivity contribution in [2.24, 2.45) is 0 Å². The van der Waals surface area contributed by atoms with Crippen LogP contribution in [-0.4, -0.2) is 0 Å². The highest BCUT2D eigenvalue weighted by Crippen LogP contribution is 2.47. The van der Waals surface area contributed by atoms with E-state index in [0.29, 0.717) is 16.5 Å². The lowest BCUT2D eigenvalue weighted by Crippen LogP contribution is -1.92. The van der Waals surface area contributed by atoms with Gasteiger partial charge in [-0.3, -0.25) is 0 Å². The first-order chi connectivity index (χ1) is 31.5. The quantitative estimate of drug-likeness (QED) is 0.172. The van der Waals surface area contributed by atoms with Crippen LogP contribution in [0.15, 0.2) is 186 Å². The molecule has 1 nitrogen and oxygen atoms in total. The molecule has 11 rings (SSSR count). The van der Waals surface area contributed by atoms with Gasteiger partial charge in [0, 0.05) is 16.2 Å². The SMILES string of the molecule is [2H]c1c([2H])c([2H])c2c(-c3c4c([2H])c([2H])c([2H])c([2H])c4c(-c4ccc5cccc(-c6cccc7oc8c9ccccc9ccc8c67)c5c4)c4c([2H])c([2H])c([2H])c([2H])c34)c([2H])c([2H])c([2H])c2c1[2H]. The van der Waals surface area contributed by atoms with E-state index in [1.807, 2.05) is 84.9 Å². The van der Waals surface area contributed by atoms with Gasteiger partial charge in [-0.1, -0.05) is 163 Å². The number of hydrogen-bond acceptors (Lipinski definition) is 1. The lowest BCUT2D eigenvalue weighted by Gasteiger charge is -2.19. The average Bonchev–Trinajstić information content (AvgIpc) is 3.72. The molecule has 51 heavy (non-hydrogen) atoms. The second-order valence-electron chi connectivity index (χ2n) is 12.4. The summed E-state index contributed by atoms with van der Waals surface area (Å²) in [7, 11) is 0. The fourth-order valence-corrected chi connectivity index (χ4v) is 7.60. The van der Waals surface area contributed by atoms with Gasteiger partial charge in [-0.05, 0) is 100 Å². The lowest BCUT2D eigenvalue weighted by atomic mass is 9.84. The summed E-state index contributed by atoms with van der Waals surface area (Å²) in [4.78, 5) is 0. The van der Waals surface area contributed by atoms with E-state index >= 15 is 0 Å². The summed E-state index contributed by atoms with van der Waals surface area (Å²) in [6, 6.07) is 18.7. The molecule has 1 aromatic heterocycles. The summed E-state index contributed by atoms with van der Waals surface area (Å²) in [5, 5.41) is 3.41. The van der Waals surface area contributed by atoms with E-state index in [2.05, 4.69) is 0 Å². The number of fused-ring (bicyclic) bond motifs is 9. The van der Waals surface area contributed by atoms with Crippen LogP contribution in [0.4, 0.5) is 0 Å². The highest BCUT2D eigenvalue weighted by Gasteiger charge is 2.20. The van der Waals surface area contributed by atoms with E-state index in [-0.39, 0.29) is 32.7 Å². The molecule has 11 aromatic rings. The smallest absolute Gasteiger partial charge is 0.143 e. The Labute approximate surface area is 315 Å². The molecule has 0 bridgehead atoms. The van der Waals surface area contributed by atoms with Crippen molar-refractivity contribution in [3.8, 4) is 33.4 Å². The zero-order chi connectivity index (χ0) is 46.5. The van der Waals surface area contributed by atoms with E-state index in [0.717, 1.165) is 43.6 Å². The Balaban J connectivity index is 1.34. The van der Waals surface area contributed by atoms with E-state index in [1.54, 1.807) is 6.07 Å². The molecule has 0 saturated heterocycles.